The van der Waals surface area contributed by atoms with Crippen molar-refractivity contribution >= 4 is 33.9 Å². The third-order valence-corrected chi connectivity index (χ3v) is 5.83. The average molecular weight is 435 g/mol. The average Bonchev–Trinajstić information content (AvgIpc) is 3.30. The van der Waals surface area contributed by atoms with Gasteiger partial charge in [0.25, 0.3) is 5.91 Å². The first-order valence-corrected chi connectivity index (χ1v) is 10.4. The summed E-state index contributed by atoms with van der Waals surface area (Å²) in [7, 11) is 0. The molecule has 0 unspecified atom stereocenters. The summed E-state index contributed by atoms with van der Waals surface area (Å²) in [6.45, 7) is 0.983. The number of aromatic hydroxyl groups is 1. The van der Waals surface area contributed by atoms with Gasteiger partial charge in [-0.2, -0.15) is 0 Å². The van der Waals surface area contributed by atoms with E-state index in [-0.39, 0.29) is 24.4 Å². The number of hydrogen-bond donors (Lipinski definition) is 3. The van der Waals surface area contributed by atoms with Gasteiger partial charge in [-0.25, -0.2) is 9.38 Å². The summed E-state index contributed by atoms with van der Waals surface area (Å²) >= 11 is 0. The number of nitrogens with zero attached hydrogens (tertiary/aromatic N) is 3. The topological polar surface area (TPSA) is 116 Å². The summed E-state index contributed by atoms with van der Waals surface area (Å²) in [4.78, 5) is 27.1. The number of carbonyl (C=O) groups excluding carboxylic acids is 1. The van der Waals surface area contributed by atoms with E-state index in [9.17, 15) is 14.3 Å². The molecule has 8 nitrogen and oxygen atoms in total. The van der Waals surface area contributed by atoms with Crippen LogP contribution in [0.2, 0.25) is 0 Å². The maximum Gasteiger partial charge on any atom is 0.263 e. The van der Waals surface area contributed by atoms with Gasteiger partial charge in [0.15, 0.2) is 12.5 Å². The van der Waals surface area contributed by atoms with Crippen LogP contribution in [0.4, 0.5) is 10.1 Å². The summed E-state index contributed by atoms with van der Waals surface area (Å²) < 4.78 is 13.9. The number of H-pyrrole nitrogens is 1. The van der Waals surface area contributed by atoms with Crippen LogP contribution in [0.15, 0.2) is 52.6 Å². The van der Waals surface area contributed by atoms with Crippen LogP contribution in [0.5, 0.6) is 5.88 Å². The molecule has 1 saturated heterocycles. The van der Waals surface area contributed by atoms with Crippen LogP contribution in [0.3, 0.4) is 0 Å². The molecule has 2 aliphatic rings. The third kappa shape index (κ3) is 3.60. The van der Waals surface area contributed by atoms with Crippen molar-refractivity contribution in [3.63, 3.8) is 0 Å². The summed E-state index contributed by atoms with van der Waals surface area (Å²) in [6, 6.07) is 11.6. The molecule has 164 valence electrons. The van der Waals surface area contributed by atoms with Gasteiger partial charge in [0.1, 0.15) is 17.2 Å². The molecule has 1 amide bonds. The molecule has 9 heteroatoms. The van der Waals surface area contributed by atoms with Crippen LogP contribution in [-0.4, -0.2) is 58.1 Å². The van der Waals surface area contributed by atoms with Crippen molar-refractivity contribution in [2.75, 3.05) is 19.7 Å². The number of amides is 1. The minimum Gasteiger partial charge on any atom is -0.494 e. The SMILES string of the molecule is NC1CCN(C(=O)CO/N=C2/C(c3c(O)[nH]c4ccc(F)cc34)=Nc3ccccc32)CC1. The molecule has 2 aliphatic heterocycles. The Kier molecular flexibility index (Phi) is 5.10. The van der Waals surface area contributed by atoms with E-state index in [1.807, 2.05) is 24.3 Å². The van der Waals surface area contributed by atoms with Crippen LogP contribution in [0, 0.1) is 5.82 Å². The van der Waals surface area contributed by atoms with Gasteiger partial charge >= 0.3 is 0 Å². The van der Waals surface area contributed by atoms with Crippen molar-refractivity contribution in [3.8, 4) is 5.88 Å². The number of rotatable bonds is 4. The molecule has 1 fully saturated rings. The van der Waals surface area contributed by atoms with E-state index >= 15 is 0 Å². The van der Waals surface area contributed by atoms with Crippen LogP contribution in [0.1, 0.15) is 24.0 Å². The van der Waals surface area contributed by atoms with Gasteiger partial charge in [-0.3, -0.25) is 4.79 Å². The van der Waals surface area contributed by atoms with E-state index in [0.29, 0.717) is 52.2 Å². The lowest BCUT2D eigenvalue weighted by atomic mass is 10.0. The lowest BCUT2D eigenvalue weighted by Gasteiger charge is -2.29. The summed E-state index contributed by atoms with van der Waals surface area (Å²) in [5.41, 5.74) is 8.85. The maximum absolute atomic E-state index is 13.9. The second-order valence-corrected chi connectivity index (χ2v) is 7.95. The molecule has 0 saturated carbocycles. The highest BCUT2D eigenvalue weighted by atomic mass is 19.1. The number of likely N-dealkylation sites (tertiary alicyclic amines) is 1. The molecule has 32 heavy (non-hydrogen) atoms. The second kappa shape index (κ2) is 8.08. The smallest absolute Gasteiger partial charge is 0.263 e. The molecule has 4 N–H and O–H groups in total. The molecular weight excluding hydrogens is 413 g/mol. The molecule has 0 radical (unpaired) electrons. The van der Waals surface area contributed by atoms with Crippen molar-refractivity contribution in [1.82, 2.24) is 9.88 Å². The van der Waals surface area contributed by atoms with Crippen molar-refractivity contribution < 1.29 is 19.1 Å². The van der Waals surface area contributed by atoms with Gasteiger partial charge in [0, 0.05) is 35.6 Å². The molecule has 0 spiro atoms. The normalized spacial score (nSPS) is 17.6. The minimum atomic E-state index is -0.435. The van der Waals surface area contributed by atoms with Gasteiger partial charge in [-0.15, -0.1) is 0 Å². The first kappa shape index (κ1) is 20.2. The van der Waals surface area contributed by atoms with Crippen LogP contribution < -0.4 is 5.73 Å². The van der Waals surface area contributed by atoms with Gasteiger partial charge in [0.05, 0.1) is 11.3 Å². The fraction of sp³-hybridized carbons (Fsp3) is 0.261. The van der Waals surface area contributed by atoms with Crippen molar-refractivity contribution in [2.45, 2.75) is 18.9 Å². The first-order chi connectivity index (χ1) is 15.5. The molecule has 2 aromatic carbocycles. The molecule has 3 aromatic rings. The quantitative estimate of drug-likeness (QED) is 0.547. The van der Waals surface area contributed by atoms with E-state index in [0.717, 1.165) is 12.8 Å². The molecule has 1 aromatic heterocycles. The zero-order valence-electron chi connectivity index (χ0n) is 17.2. The number of hydrogen-bond acceptors (Lipinski definition) is 6. The van der Waals surface area contributed by atoms with E-state index in [1.54, 1.807) is 11.0 Å². The van der Waals surface area contributed by atoms with Crippen molar-refractivity contribution in [2.24, 2.45) is 15.9 Å². The zero-order chi connectivity index (χ0) is 22.2. The Labute approximate surface area is 183 Å². The van der Waals surface area contributed by atoms with Crippen molar-refractivity contribution in [3.05, 3.63) is 59.4 Å². The number of aliphatic imine (C=N–C) groups is 1. The molecule has 0 atom stereocenters. The highest BCUT2D eigenvalue weighted by Crippen LogP contribution is 2.35. The highest BCUT2D eigenvalue weighted by molar-refractivity contribution is 6.58. The number of fused-ring (bicyclic) bond motifs is 2. The number of benzene rings is 2. The predicted molar refractivity (Wildman–Crippen MR) is 119 cm³/mol. The van der Waals surface area contributed by atoms with Gasteiger partial charge in [-0.05, 0) is 37.1 Å². The van der Waals surface area contributed by atoms with Crippen LogP contribution in [0.25, 0.3) is 10.9 Å². The number of oxime groups is 1. The first-order valence-electron chi connectivity index (χ1n) is 10.4. The monoisotopic (exact) mass is 435 g/mol. The van der Waals surface area contributed by atoms with E-state index in [1.165, 1.54) is 12.1 Å². The number of para-hydroxylation sites is 1. The number of carbonyl (C=O) groups is 1. The Morgan fingerprint density at radius 2 is 2.06 bits per heavy atom. The molecule has 3 heterocycles. The summed E-state index contributed by atoms with van der Waals surface area (Å²) in [5.74, 6) is -0.746. The highest BCUT2D eigenvalue weighted by Gasteiger charge is 2.29. The largest absolute Gasteiger partial charge is 0.494 e. The van der Waals surface area contributed by atoms with Gasteiger partial charge < -0.3 is 25.6 Å². The van der Waals surface area contributed by atoms with Crippen LogP contribution in [-0.2, 0) is 9.63 Å². The Bertz CT molecular complexity index is 1260. The minimum absolute atomic E-state index is 0.127. The number of aromatic amines is 1. The molecule has 0 bridgehead atoms. The Balaban J connectivity index is 1.45. The third-order valence-electron chi connectivity index (χ3n) is 5.83. The lowest BCUT2D eigenvalue weighted by Crippen LogP contribution is -2.44. The Morgan fingerprint density at radius 3 is 2.88 bits per heavy atom. The standard InChI is InChI=1S/C23H22FN5O3/c24-13-5-6-18-16(11-13)20(23(31)27-18)22-21(15-3-1-2-4-17(15)26-22)28-32-12-19(30)29-9-7-14(25)8-10-29/h1-6,11,14,27,31H,7-10,12,25H2/b28-21+. The zero-order valence-corrected chi connectivity index (χ0v) is 17.2. The number of halogens is 1. The lowest BCUT2D eigenvalue weighted by molar-refractivity contribution is -0.137. The van der Waals surface area contributed by atoms with E-state index in [2.05, 4.69) is 15.1 Å². The van der Waals surface area contributed by atoms with Gasteiger partial charge in [-0.1, -0.05) is 23.4 Å². The molecular formula is C23H22FN5O3. The van der Waals surface area contributed by atoms with E-state index < -0.39 is 5.82 Å². The van der Waals surface area contributed by atoms with Crippen molar-refractivity contribution in [1.29, 1.82) is 0 Å². The number of piperidine rings is 1. The predicted octanol–water partition coefficient (Wildman–Crippen LogP) is 2.82. The fourth-order valence-corrected chi connectivity index (χ4v) is 4.12. The summed E-state index contributed by atoms with van der Waals surface area (Å²) in [6.07, 6.45) is 1.53. The van der Waals surface area contributed by atoms with E-state index in [4.69, 9.17) is 10.6 Å². The van der Waals surface area contributed by atoms with Crippen LogP contribution >= 0.6 is 0 Å². The summed E-state index contributed by atoms with van der Waals surface area (Å²) in [5, 5.41) is 15.3. The fourth-order valence-electron chi connectivity index (χ4n) is 4.12. The number of nitrogens with two attached hydrogens (primary N) is 1. The Hall–Kier alpha value is -3.72. The number of aromatic nitrogens is 1. The number of nitrogens with one attached hydrogen (secondary N) is 1. The molecule has 0 aliphatic carbocycles. The van der Waals surface area contributed by atoms with Gasteiger partial charge in [0.2, 0.25) is 0 Å². The Morgan fingerprint density at radius 1 is 1.28 bits per heavy atom. The maximum atomic E-state index is 13.9. The second-order valence-electron chi connectivity index (χ2n) is 7.95. The molecule has 5 rings (SSSR count).